The second kappa shape index (κ2) is 3.20. The van der Waals surface area contributed by atoms with Crippen molar-refractivity contribution in [2.45, 2.75) is 12.8 Å². The van der Waals surface area contributed by atoms with Crippen LogP contribution in [0.25, 0.3) is 0 Å². The number of hydrogen-bond acceptors (Lipinski definition) is 2. The molecular formula is C8H10O2. The number of carbonyl (C=O) groups is 1. The maximum atomic E-state index is 10.6. The minimum atomic E-state index is 0.146. The van der Waals surface area contributed by atoms with Crippen LogP contribution in [0.1, 0.15) is 12.8 Å². The van der Waals surface area contributed by atoms with Crippen molar-refractivity contribution in [3.05, 3.63) is 24.5 Å². The first-order valence-electron chi connectivity index (χ1n) is 3.27. The maximum Gasteiger partial charge on any atom is 0.174 e. The number of Topliss-reactive ketones (excluding diaryl/α,β-unsaturated/α-hetero) is 1. The molecule has 1 rings (SSSR count). The SMILES string of the molecule is C=CCC1=CCC(=O)CO1. The molecule has 0 saturated carbocycles. The molecule has 0 bridgehead atoms. The normalized spacial score (nSPS) is 17.6. The largest absolute Gasteiger partial charge is 0.490 e. The van der Waals surface area contributed by atoms with Gasteiger partial charge in [-0.3, -0.25) is 4.79 Å². The van der Waals surface area contributed by atoms with Gasteiger partial charge in [-0.2, -0.15) is 0 Å². The average Bonchev–Trinajstić information content (AvgIpc) is 1.95. The lowest BCUT2D eigenvalue weighted by atomic mass is 10.2. The van der Waals surface area contributed by atoms with Gasteiger partial charge in [0.1, 0.15) is 6.61 Å². The van der Waals surface area contributed by atoms with Crippen LogP contribution in [-0.2, 0) is 9.53 Å². The molecular weight excluding hydrogens is 128 g/mol. The third-order valence-corrected chi connectivity index (χ3v) is 1.32. The highest BCUT2D eigenvalue weighted by Gasteiger charge is 2.08. The van der Waals surface area contributed by atoms with Crippen LogP contribution in [0.2, 0.25) is 0 Å². The zero-order valence-electron chi connectivity index (χ0n) is 5.80. The maximum absolute atomic E-state index is 10.6. The fourth-order valence-electron chi connectivity index (χ4n) is 0.803. The highest BCUT2D eigenvalue weighted by Crippen LogP contribution is 2.10. The van der Waals surface area contributed by atoms with Crippen molar-refractivity contribution in [1.29, 1.82) is 0 Å². The zero-order chi connectivity index (χ0) is 7.40. The summed E-state index contributed by atoms with van der Waals surface area (Å²) in [5.74, 6) is 1.02. The van der Waals surface area contributed by atoms with Crippen molar-refractivity contribution >= 4 is 5.78 Å². The van der Waals surface area contributed by atoms with Gasteiger partial charge in [-0.05, 0) is 6.08 Å². The van der Waals surface area contributed by atoms with E-state index < -0.39 is 0 Å². The predicted molar refractivity (Wildman–Crippen MR) is 38.5 cm³/mol. The molecule has 2 nitrogen and oxygen atoms in total. The van der Waals surface area contributed by atoms with E-state index in [1.54, 1.807) is 6.08 Å². The van der Waals surface area contributed by atoms with Crippen molar-refractivity contribution in [3.8, 4) is 0 Å². The molecule has 0 radical (unpaired) electrons. The number of hydrogen-bond donors (Lipinski definition) is 0. The summed E-state index contributed by atoms with van der Waals surface area (Å²) in [6.07, 6.45) is 4.82. The molecule has 0 saturated heterocycles. The fraction of sp³-hybridized carbons (Fsp3) is 0.375. The molecule has 2 heteroatoms. The van der Waals surface area contributed by atoms with Gasteiger partial charge in [0.05, 0.1) is 5.76 Å². The first kappa shape index (κ1) is 7.06. The summed E-state index contributed by atoms with van der Waals surface area (Å²) >= 11 is 0. The van der Waals surface area contributed by atoms with Gasteiger partial charge in [-0.15, -0.1) is 6.58 Å². The van der Waals surface area contributed by atoms with E-state index in [9.17, 15) is 4.79 Å². The summed E-state index contributed by atoms with van der Waals surface area (Å²) in [6.45, 7) is 3.80. The standard InChI is InChI=1S/C8H10O2/c1-2-3-8-5-4-7(9)6-10-8/h2,5H,1,3-4,6H2. The summed E-state index contributed by atoms with van der Waals surface area (Å²) in [5, 5.41) is 0. The second-order valence-corrected chi connectivity index (χ2v) is 2.19. The third kappa shape index (κ3) is 1.72. The Kier molecular flexibility index (Phi) is 2.26. The van der Waals surface area contributed by atoms with Crippen molar-refractivity contribution in [2.24, 2.45) is 0 Å². The van der Waals surface area contributed by atoms with E-state index >= 15 is 0 Å². The smallest absolute Gasteiger partial charge is 0.174 e. The quantitative estimate of drug-likeness (QED) is 0.539. The Balaban J connectivity index is 2.47. The second-order valence-electron chi connectivity index (χ2n) is 2.19. The summed E-state index contributed by atoms with van der Waals surface area (Å²) in [7, 11) is 0. The van der Waals surface area contributed by atoms with Crippen molar-refractivity contribution in [1.82, 2.24) is 0 Å². The number of rotatable bonds is 2. The summed E-state index contributed by atoms with van der Waals surface area (Å²) in [5.41, 5.74) is 0. The van der Waals surface area contributed by atoms with Crippen LogP contribution in [-0.4, -0.2) is 12.4 Å². The molecule has 0 amide bonds. The van der Waals surface area contributed by atoms with Gasteiger partial charge in [0.15, 0.2) is 5.78 Å². The minimum absolute atomic E-state index is 0.146. The van der Waals surface area contributed by atoms with E-state index in [1.807, 2.05) is 6.08 Å². The van der Waals surface area contributed by atoms with Gasteiger partial charge < -0.3 is 4.74 Å². The Bertz CT molecular complexity index is 180. The lowest BCUT2D eigenvalue weighted by Gasteiger charge is -2.11. The molecule has 1 aliphatic rings. The van der Waals surface area contributed by atoms with E-state index in [0.29, 0.717) is 6.42 Å². The van der Waals surface area contributed by atoms with E-state index in [2.05, 4.69) is 6.58 Å². The Morgan fingerprint density at radius 3 is 3.10 bits per heavy atom. The Morgan fingerprint density at radius 2 is 2.60 bits per heavy atom. The lowest BCUT2D eigenvalue weighted by molar-refractivity contribution is -0.122. The number of allylic oxidation sites excluding steroid dienone is 2. The topological polar surface area (TPSA) is 26.3 Å². The fourth-order valence-corrected chi connectivity index (χ4v) is 0.803. The molecule has 0 aromatic rings. The van der Waals surface area contributed by atoms with E-state index in [4.69, 9.17) is 4.74 Å². The molecule has 0 fully saturated rings. The molecule has 10 heavy (non-hydrogen) atoms. The summed E-state index contributed by atoms with van der Waals surface area (Å²) < 4.78 is 5.07. The van der Waals surface area contributed by atoms with Gasteiger partial charge in [-0.1, -0.05) is 6.08 Å². The molecule has 0 spiro atoms. The highest BCUT2D eigenvalue weighted by atomic mass is 16.5. The Hall–Kier alpha value is -1.05. The lowest BCUT2D eigenvalue weighted by Crippen LogP contribution is -2.12. The molecule has 1 heterocycles. The minimum Gasteiger partial charge on any atom is -0.490 e. The Labute approximate surface area is 60.2 Å². The van der Waals surface area contributed by atoms with E-state index in [1.165, 1.54) is 0 Å². The molecule has 0 atom stereocenters. The van der Waals surface area contributed by atoms with Crippen molar-refractivity contribution < 1.29 is 9.53 Å². The molecule has 0 aromatic heterocycles. The number of carbonyl (C=O) groups excluding carboxylic acids is 1. The Morgan fingerprint density at radius 1 is 1.80 bits per heavy atom. The van der Waals surface area contributed by atoms with Gasteiger partial charge >= 0.3 is 0 Å². The molecule has 0 aliphatic carbocycles. The van der Waals surface area contributed by atoms with Crippen LogP contribution in [0.3, 0.4) is 0 Å². The van der Waals surface area contributed by atoms with Gasteiger partial charge in [0.2, 0.25) is 0 Å². The number of ether oxygens (including phenoxy) is 1. The van der Waals surface area contributed by atoms with Crippen LogP contribution in [0.5, 0.6) is 0 Å². The monoisotopic (exact) mass is 138 g/mol. The summed E-state index contributed by atoms with van der Waals surface area (Å²) in [4.78, 5) is 10.6. The van der Waals surface area contributed by atoms with Gasteiger partial charge in [-0.25, -0.2) is 0 Å². The molecule has 1 aliphatic heterocycles. The van der Waals surface area contributed by atoms with Crippen LogP contribution in [0.15, 0.2) is 24.5 Å². The van der Waals surface area contributed by atoms with Gasteiger partial charge in [0.25, 0.3) is 0 Å². The molecule has 0 unspecified atom stereocenters. The van der Waals surface area contributed by atoms with Crippen molar-refractivity contribution in [3.63, 3.8) is 0 Å². The van der Waals surface area contributed by atoms with Crippen LogP contribution in [0.4, 0.5) is 0 Å². The summed E-state index contributed by atoms with van der Waals surface area (Å²) in [6, 6.07) is 0. The van der Waals surface area contributed by atoms with E-state index in [-0.39, 0.29) is 12.4 Å². The first-order valence-corrected chi connectivity index (χ1v) is 3.27. The van der Waals surface area contributed by atoms with Crippen LogP contribution in [0, 0.1) is 0 Å². The number of ketones is 1. The predicted octanol–water partition coefficient (Wildman–Crippen LogP) is 1.44. The van der Waals surface area contributed by atoms with Crippen LogP contribution < -0.4 is 0 Å². The highest BCUT2D eigenvalue weighted by molar-refractivity contribution is 5.82. The molecule has 0 N–H and O–H groups in total. The van der Waals surface area contributed by atoms with Crippen molar-refractivity contribution in [2.75, 3.05) is 6.61 Å². The van der Waals surface area contributed by atoms with E-state index in [0.717, 1.165) is 12.2 Å². The zero-order valence-corrected chi connectivity index (χ0v) is 5.80. The molecule has 0 aromatic carbocycles. The van der Waals surface area contributed by atoms with Crippen LogP contribution >= 0.6 is 0 Å². The molecule has 54 valence electrons. The van der Waals surface area contributed by atoms with Gasteiger partial charge in [0, 0.05) is 12.8 Å². The third-order valence-electron chi connectivity index (χ3n) is 1.32. The first-order chi connectivity index (χ1) is 4.83. The average molecular weight is 138 g/mol.